The van der Waals surface area contributed by atoms with Gasteiger partial charge in [-0.2, -0.15) is 0 Å². The Kier molecular flexibility index (Phi) is 16.2. The van der Waals surface area contributed by atoms with Crippen LogP contribution in [0.3, 0.4) is 0 Å². The van der Waals surface area contributed by atoms with Crippen LogP contribution in [-0.2, 0) is 9.59 Å². The van der Waals surface area contributed by atoms with Gasteiger partial charge in [-0.05, 0) is 38.2 Å². The smallest absolute Gasteiger partial charge is 0.303 e. The SMILES string of the molecule is CCC=CCC(=O)C=CC=CCC=CCC=CCC=CCCC(=O)O. The minimum Gasteiger partial charge on any atom is -0.481 e. The molecule has 0 atom stereocenters. The minimum absolute atomic E-state index is 0.118. The molecule has 0 amide bonds. The van der Waals surface area contributed by atoms with E-state index in [1.165, 1.54) is 0 Å². The van der Waals surface area contributed by atoms with Crippen LogP contribution in [0.5, 0.6) is 0 Å². The van der Waals surface area contributed by atoms with E-state index in [4.69, 9.17) is 5.11 Å². The van der Waals surface area contributed by atoms with Crippen LogP contribution < -0.4 is 0 Å². The first-order valence-corrected chi connectivity index (χ1v) is 8.84. The maximum atomic E-state index is 11.4. The number of allylic oxidation sites excluding steroid dienone is 12. The molecule has 0 aliphatic heterocycles. The van der Waals surface area contributed by atoms with Crippen molar-refractivity contribution in [3.05, 3.63) is 72.9 Å². The second-order valence-electron chi connectivity index (χ2n) is 5.39. The van der Waals surface area contributed by atoms with Gasteiger partial charge in [0.2, 0.25) is 0 Å². The summed E-state index contributed by atoms with van der Waals surface area (Å²) in [4.78, 5) is 21.8. The van der Waals surface area contributed by atoms with Gasteiger partial charge in [0, 0.05) is 12.8 Å². The third-order valence-electron chi connectivity index (χ3n) is 3.09. The Labute approximate surface area is 151 Å². The van der Waals surface area contributed by atoms with E-state index in [1.54, 1.807) is 12.2 Å². The van der Waals surface area contributed by atoms with Gasteiger partial charge < -0.3 is 5.11 Å². The fourth-order valence-electron chi connectivity index (χ4n) is 1.80. The molecule has 0 rings (SSSR count). The number of carbonyl (C=O) groups excluding carboxylic acids is 1. The van der Waals surface area contributed by atoms with E-state index in [9.17, 15) is 9.59 Å². The van der Waals surface area contributed by atoms with Gasteiger partial charge in [-0.3, -0.25) is 9.59 Å². The van der Waals surface area contributed by atoms with Crippen LogP contribution in [0.15, 0.2) is 72.9 Å². The normalized spacial score (nSPS) is 12.8. The van der Waals surface area contributed by atoms with Crippen LogP contribution in [0.4, 0.5) is 0 Å². The molecule has 3 nitrogen and oxygen atoms in total. The van der Waals surface area contributed by atoms with Crippen molar-refractivity contribution >= 4 is 11.8 Å². The Hall–Kier alpha value is -2.42. The first-order valence-electron chi connectivity index (χ1n) is 8.84. The molecule has 3 heteroatoms. The molecule has 136 valence electrons. The zero-order valence-electron chi connectivity index (χ0n) is 15.1. The van der Waals surface area contributed by atoms with E-state index in [0.29, 0.717) is 12.8 Å². The van der Waals surface area contributed by atoms with Gasteiger partial charge in [0.1, 0.15) is 0 Å². The summed E-state index contributed by atoms with van der Waals surface area (Å²) in [5, 5.41) is 8.49. The number of ketones is 1. The molecule has 0 unspecified atom stereocenters. The molecule has 0 aliphatic carbocycles. The summed E-state index contributed by atoms with van der Waals surface area (Å²) in [5.74, 6) is -0.641. The quantitative estimate of drug-likeness (QED) is 0.249. The summed E-state index contributed by atoms with van der Waals surface area (Å²) < 4.78 is 0. The summed E-state index contributed by atoms with van der Waals surface area (Å²) >= 11 is 0. The molecule has 0 bridgehead atoms. The highest BCUT2D eigenvalue weighted by atomic mass is 16.4. The first kappa shape index (κ1) is 22.6. The van der Waals surface area contributed by atoms with Crippen molar-refractivity contribution in [1.82, 2.24) is 0 Å². The molecule has 0 radical (unpaired) electrons. The fraction of sp³-hybridized carbons (Fsp3) is 0.364. The largest absolute Gasteiger partial charge is 0.481 e. The molecule has 0 aromatic rings. The van der Waals surface area contributed by atoms with Gasteiger partial charge in [-0.25, -0.2) is 0 Å². The van der Waals surface area contributed by atoms with Crippen molar-refractivity contribution < 1.29 is 14.7 Å². The number of rotatable bonds is 14. The highest BCUT2D eigenvalue weighted by Crippen LogP contribution is 1.96. The minimum atomic E-state index is -0.759. The van der Waals surface area contributed by atoms with Gasteiger partial charge in [0.25, 0.3) is 0 Å². The molecule has 25 heavy (non-hydrogen) atoms. The lowest BCUT2D eigenvalue weighted by atomic mass is 10.2. The molecule has 0 spiro atoms. The Morgan fingerprint density at radius 2 is 1.36 bits per heavy atom. The Morgan fingerprint density at radius 3 is 1.96 bits per heavy atom. The predicted octanol–water partition coefficient (Wildman–Crippen LogP) is 5.73. The monoisotopic (exact) mass is 342 g/mol. The lowest BCUT2D eigenvalue weighted by molar-refractivity contribution is -0.136. The second-order valence-corrected chi connectivity index (χ2v) is 5.39. The van der Waals surface area contributed by atoms with Gasteiger partial charge in [-0.1, -0.05) is 73.8 Å². The van der Waals surface area contributed by atoms with Crippen LogP contribution in [0.25, 0.3) is 0 Å². The molecule has 0 aromatic carbocycles. The Bertz CT molecular complexity index is 531. The van der Waals surface area contributed by atoms with E-state index in [1.807, 2.05) is 43.4 Å². The molecular formula is C22H30O3. The molecule has 0 saturated heterocycles. The van der Waals surface area contributed by atoms with Crippen molar-refractivity contribution in [2.24, 2.45) is 0 Å². The average Bonchev–Trinajstić information content (AvgIpc) is 2.58. The van der Waals surface area contributed by atoms with Crippen molar-refractivity contribution in [2.75, 3.05) is 0 Å². The van der Waals surface area contributed by atoms with E-state index >= 15 is 0 Å². The van der Waals surface area contributed by atoms with E-state index in [2.05, 4.69) is 24.3 Å². The highest BCUT2D eigenvalue weighted by Gasteiger charge is 1.90. The third kappa shape index (κ3) is 19.5. The molecule has 0 aromatic heterocycles. The predicted molar refractivity (Wildman–Crippen MR) is 105 cm³/mol. The number of hydrogen-bond acceptors (Lipinski definition) is 2. The van der Waals surface area contributed by atoms with Crippen molar-refractivity contribution in [3.8, 4) is 0 Å². The second kappa shape index (κ2) is 17.9. The molecule has 0 aliphatic rings. The maximum Gasteiger partial charge on any atom is 0.303 e. The molecule has 0 saturated carbocycles. The number of carboxylic acid groups (broad SMARTS) is 1. The van der Waals surface area contributed by atoms with E-state index < -0.39 is 5.97 Å². The van der Waals surface area contributed by atoms with Crippen molar-refractivity contribution in [1.29, 1.82) is 0 Å². The van der Waals surface area contributed by atoms with Crippen LogP contribution in [0, 0.1) is 0 Å². The first-order chi connectivity index (χ1) is 12.2. The van der Waals surface area contributed by atoms with Crippen LogP contribution in [0.1, 0.15) is 51.9 Å². The third-order valence-corrected chi connectivity index (χ3v) is 3.09. The lowest BCUT2D eigenvalue weighted by Gasteiger charge is -1.87. The molecule has 0 fully saturated rings. The number of carbonyl (C=O) groups is 2. The van der Waals surface area contributed by atoms with Gasteiger partial charge in [0.15, 0.2) is 5.78 Å². The summed E-state index contributed by atoms with van der Waals surface area (Å²) in [5.41, 5.74) is 0. The van der Waals surface area contributed by atoms with Gasteiger partial charge in [0.05, 0.1) is 0 Å². The number of carboxylic acids is 1. The van der Waals surface area contributed by atoms with E-state index in [-0.39, 0.29) is 12.2 Å². The summed E-state index contributed by atoms with van der Waals surface area (Å²) in [6.07, 6.45) is 28.2. The van der Waals surface area contributed by atoms with Crippen LogP contribution in [0.2, 0.25) is 0 Å². The maximum absolute atomic E-state index is 11.4. The van der Waals surface area contributed by atoms with Crippen molar-refractivity contribution in [3.63, 3.8) is 0 Å². The number of hydrogen-bond donors (Lipinski definition) is 1. The standard InChI is InChI=1S/C22H30O3/c1-2-3-15-18-21(23)19-16-13-11-9-7-5-4-6-8-10-12-14-17-20-22(24)25/h3,5-8,11-16,19H,2,4,9-10,17-18,20H2,1H3,(H,24,25). The number of aliphatic carboxylic acids is 1. The van der Waals surface area contributed by atoms with Crippen LogP contribution >= 0.6 is 0 Å². The Morgan fingerprint density at radius 1 is 0.760 bits per heavy atom. The molecule has 1 N–H and O–H groups in total. The average molecular weight is 342 g/mol. The highest BCUT2D eigenvalue weighted by molar-refractivity contribution is 5.90. The van der Waals surface area contributed by atoms with Gasteiger partial charge >= 0.3 is 5.97 Å². The van der Waals surface area contributed by atoms with Crippen LogP contribution in [-0.4, -0.2) is 16.9 Å². The Balaban J connectivity index is 3.68. The molecule has 0 heterocycles. The summed E-state index contributed by atoms with van der Waals surface area (Å²) in [7, 11) is 0. The van der Waals surface area contributed by atoms with E-state index in [0.717, 1.165) is 25.7 Å². The van der Waals surface area contributed by atoms with Crippen molar-refractivity contribution in [2.45, 2.75) is 51.9 Å². The topological polar surface area (TPSA) is 54.4 Å². The lowest BCUT2D eigenvalue weighted by Crippen LogP contribution is -1.91. The van der Waals surface area contributed by atoms with Gasteiger partial charge in [-0.15, -0.1) is 0 Å². The zero-order chi connectivity index (χ0) is 18.6. The fourth-order valence-corrected chi connectivity index (χ4v) is 1.80. The molecular weight excluding hydrogens is 312 g/mol. The zero-order valence-corrected chi connectivity index (χ0v) is 15.1. The summed E-state index contributed by atoms with van der Waals surface area (Å²) in [6.45, 7) is 2.05. The summed E-state index contributed by atoms with van der Waals surface area (Å²) in [6, 6.07) is 0.